The third kappa shape index (κ3) is 8.99. The summed E-state index contributed by atoms with van der Waals surface area (Å²) in [6.45, 7) is 4.55. The molecule has 4 heterocycles. The largest absolute Gasteiger partial charge is 0.457 e. The summed E-state index contributed by atoms with van der Waals surface area (Å²) in [6.07, 6.45) is 4.41. The highest BCUT2D eigenvalue weighted by molar-refractivity contribution is 8.00. The van der Waals surface area contributed by atoms with E-state index < -0.39 is 53.5 Å². The Bertz CT molecular complexity index is 2020. The summed E-state index contributed by atoms with van der Waals surface area (Å²) in [6, 6.07) is 23.1. The topological polar surface area (TPSA) is 175 Å². The van der Waals surface area contributed by atoms with Gasteiger partial charge in [-0.3, -0.25) is 19.5 Å². The molecule has 2 aliphatic rings. The summed E-state index contributed by atoms with van der Waals surface area (Å²) in [4.78, 5) is 69.1. The Morgan fingerprint density at radius 3 is 2.30 bits per heavy atom. The summed E-state index contributed by atoms with van der Waals surface area (Å²) < 4.78 is 11.5. The van der Waals surface area contributed by atoms with Crippen LogP contribution in [0.2, 0.25) is 0 Å². The summed E-state index contributed by atoms with van der Waals surface area (Å²) in [5, 5.41) is 7.61. The number of benzene rings is 2. The molecule has 1 fully saturated rings. The molecule has 0 bridgehead atoms. The molecule has 1 saturated heterocycles. The second-order valence-corrected chi connectivity index (χ2v) is 14.8. The maximum absolute atomic E-state index is 14.3. The van der Waals surface area contributed by atoms with Gasteiger partial charge in [0.05, 0.1) is 5.69 Å². The van der Waals surface area contributed by atoms with E-state index >= 15 is 0 Å². The number of rotatable bonds is 12. The van der Waals surface area contributed by atoms with Crippen LogP contribution in [-0.4, -0.2) is 73.7 Å². The molecule has 0 aliphatic carbocycles. The van der Waals surface area contributed by atoms with Gasteiger partial charge in [-0.1, -0.05) is 78.0 Å². The van der Waals surface area contributed by atoms with Crippen molar-refractivity contribution in [1.29, 1.82) is 0 Å². The lowest BCUT2D eigenvalue weighted by Crippen LogP contribution is -2.71. The maximum Gasteiger partial charge on any atom is 0.356 e. The molecule has 6 rings (SSSR count). The average molecular weight is 753 g/mol. The van der Waals surface area contributed by atoms with Crippen molar-refractivity contribution in [3.63, 3.8) is 0 Å². The van der Waals surface area contributed by atoms with Crippen LogP contribution in [0.5, 0.6) is 0 Å². The number of amides is 2. The molecule has 4 aromatic rings. The van der Waals surface area contributed by atoms with Crippen molar-refractivity contribution < 1.29 is 33.5 Å². The predicted octanol–water partition coefficient (Wildman–Crippen LogP) is 4.88. The third-order valence-corrected chi connectivity index (χ3v) is 9.76. The highest BCUT2D eigenvalue weighted by Gasteiger charge is 2.54. The molecule has 53 heavy (non-hydrogen) atoms. The van der Waals surface area contributed by atoms with E-state index in [1.165, 1.54) is 22.0 Å². The van der Waals surface area contributed by atoms with Crippen molar-refractivity contribution in [3.8, 4) is 0 Å². The van der Waals surface area contributed by atoms with Gasteiger partial charge in [0.1, 0.15) is 28.4 Å². The molecule has 2 aliphatic heterocycles. The van der Waals surface area contributed by atoms with Crippen LogP contribution in [0.25, 0.3) is 6.08 Å². The molecule has 0 radical (unpaired) electrons. The first-order valence-electron chi connectivity index (χ1n) is 16.5. The van der Waals surface area contributed by atoms with Gasteiger partial charge in [-0.25, -0.2) is 14.6 Å². The van der Waals surface area contributed by atoms with Crippen molar-refractivity contribution in [2.24, 2.45) is 5.16 Å². The van der Waals surface area contributed by atoms with E-state index in [1.54, 1.807) is 45.2 Å². The molecular weight excluding hydrogens is 717 g/mol. The molecule has 13 nitrogen and oxygen atoms in total. The standard InChI is InChI=1S/C38H36N6O7S2/c1-38(2,3)51-28(45)20-49-43-29(27-22-53-37(39)41-27)33(46)42-30-34(47)44-31(25(21-52-35(30)44)17-18-26-16-10-11-19-40-26)36(48)50-32(23-12-6-4-7-13-23)24-14-8-5-9-15-24/h4-19,22,30,32,35H,20-21H2,1-3H3,(H2,39,41)(H,42,46)/b18-17+,43-29+. The minimum Gasteiger partial charge on any atom is -0.457 e. The number of nitrogen functional groups attached to an aromatic ring is 1. The minimum atomic E-state index is -1.04. The Hall–Kier alpha value is -5.80. The monoisotopic (exact) mass is 752 g/mol. The number of nitrogens with zero attached hydrogens (tertiary/aromatic N) is 4. The molecule has 2 atom stereocenters. The Balaban J connectivity index is 1.26. The van der Waals surface area contributed by atoms with E-state index in [0.717, 1.165) is 22.5 Å². The van der Waals surface area contributed by atoms with Crippen molar-refractivity contribution >= 4 is 63.8 Å². The van der Waals surface area contributed by atoms with E-state index in [-0.39, 0.29) is 22.2 Å². The number of hydrogen-bond donors (Lipinski definition) is 2. The van der Waals surface area contributed by atoms with Crippen LogP contribution in [0.1, 0.15) is 49.4 Å². The third-order valence-electron chi connectivity index (χ3n) is 7.79. The Kier molecular flexibility index (Phi) is 11.3. The molecule has 0 saturated carbocycles. The van der Waals surface area contributed by atoms with Gasteiger partial charge in [-0.15, -0.1) is 23.1 Å². The molecule has 2 aromatic heterocycles. The highest BCUT2D eigenvalue weighted by atomic mass is 32.2. The zero-order valence-corrected chi connectivity index (χ0v) is 30.6. The van der Waals surface area contributed by atoms with Gasteiger partial charge >= 0.3 is 11.9 Å². The summed E-state index contributed by atoms with van der Waals surface area (Å²) in [5.74, 6) is -2.40. The van der Waals surface area contributed by atoms with Crippen LogP contribution < -0.4 is 11.1 Å². The number of β-lactam (4-membered cyclic amide) rings is 1. The fourth-order valence-corrected chi connectivity index (χ4v) is 7.36. The number of allylic oxidation sites excluding steroid dienone is 1. The number of aromatic nitrogens is 2. The summed E-state index contributed by atoms with van der Waals surface area (Å²) in [5.41, 5.74) is 7.65. The first-order valence-corrected chi connectivity index (χ1v) is 18.4. The normalized spacial score (nSPS) is 17.3. The fourth-order valence-electron chi connectivity index (χ4n) is 5.50. The Labute approximate surface area is 313 Å². The highest BCUT2D eigenvalue weighted by Crippen LogP contribution is 2.42. The first kappa shape index (κ1) is 37.0. The number of oxime groups is 1. The number of ether oxygens (including phenoxy) is 2. The SMILES string of the molecule is CC(C)(C)OC(=O)CO/N=C(/C(=O)NC1C(=O)N2C(C(=O)OC(c3ccccc3)c3ccccc3)=C(/C=C/c3ccccn3)CSC12)c1csc(N)n1. The zero-order chi connectivity index (χ0) is 37.5. The van der Waals surface area contributed by atoms with Gasteiger partial charge < -0.3 is 25.4 Å². The number of pyridine rings is 1. The molecule has 0 spiro atoms. The summed E-state index contributed by atoms with van der Waals surface area (Å²) >= 11 is 2.44. The van der Waals surface area contributed by atoms with Crippen LogP contribution in [0.4, 0.5) is 5.13 Å². The molecule has 15 heteroatoms. The lowest BCUT2D eigenvalue weighted by atomic mass is 10.00. The number of hydrogen-bond acceptors (Lipinski definition) is 13. The van der Waals surface area contributed by atoms with Crippen molar-refractivity contribution in [2.45, 2.75) is 43.9 Å². The number of carbonyl (C=O) groups is 4. The number of anilines is 1. The van der Waals surface area contributed by atoms with E-state index in [4.69, 9.17) is 20.0 Å². The van der Waals surface area contributed by atoms with Gasteiger partial charge in [0.2, 0.25) is 6.61 Å². The quantitative estimate of drug-likeness (QED) is 0.0873. The number of carbonyl (C=O) groups excluding carboxylic acids is 4. The first-order chi connectivity index (χ1) is 25.5. The molecule has 3 N–H and O–H groups in total. The van der Waals surface area contributed by atoms with Crippen molar-refractivity contribution in [1.82, 2.24) is 20.2 Å². The van der Waals surface area contributed by atoms with Crippen LogP contribution in [0, 0.1) is 0 Å². The molecule has 2 aromatic carbocycles. The van der Waals surface area contributed by atoms with Crippen LogP contribution >= 0.6 is 23.1 Å². The average Bonchev–Trinajstić information content (AvgIpc) is 3.58. The lowest BCUT2D eigenvalue weighted by molar-refractivity contribution is -0.160. The molecule has 2 unspecified atom stereocenters. The van der Waals surface area contributed by atoms with Gasteiger partial charge in [-0.05, 0) is 55.7 Å². The Morgan fingerprint density at radius 1 is 1.02 bits per heavy atom. The van der Waals surface area contributed by atoms with E-state index in [9.17, 15) is 19.2 Å². The van der Waals surface area contributed by atoms with E-state index in [2.05, 4.69) is 20.4 Å². The summed E-state index contributed by atoms with van der Waals surface area (Å²) in [7, 11) is 0. The second kappa shape index (κ2) is 16.3. The molecule has 272 valence electrons. The van der Waals surface area contributed by atoms with Crippen molar-refractivity contribution in [3.05, 3.63) is 130 Å². The number of nitrogens with two attached hydrogens (primary N) is 1. The zero-order valence-electron chi connectivity index (χ0n) is 29.0. The number of fused-ring (bicyclic) bond motifs is 1. The number of esters is 2. The van der Waals surface area contributed by atoms with Gasteiger partial charge in [-0.2, -0.15) is 0 Å². The van der Waals surface area contributed by atoms with E-state index in [1.807, 2.05) is 72.8 Å². The van der Waals surface area contributed by atoms with Gasteiger partial charge in [0.25, 0.3) is 11.8 Å². The van der Waals surface area contributed by atoms with E-state index in [0.29, 0.717) is 17.0 Å². The van der Waals surface area contributed by atoms with Gasteiger partial charge in [0.15, 0.2) is 16.9 Å². The molecular formula is C38H36N6O7S2. The van der Waals surface area contributed by atoms with Crippen LogP contribution in [0.15, 0.2) is 113 Å². The molecule has 2 amide bonds. The Morgan fingerprint density at radius 2 is 1.70 bits per heavy atom. The number of nitrogens with one attached hydrogen (secondary N) is 1. The minimum absolute atomic E-state index is 0.0650. The van der Waals surface area contributed by atoms with Crippen molar-refractivity contribution in [2.75, 3.05) is 18.1 Å². The second-order valence-electron chi connectivity index (χ2n) is 12.8. The maximum atomic E-state index is 14.3. The van der Waals surface area contributed by atoms with Crippen LogP contribution in [0.3, 0.4) is 0 Å². The lowest BCUT2D eigenvalue weighted by Gasteiger charge is -2.49. The van der Waals surface area contributed by atoms with Gasteiger partial charge in [0, 0.05) is 17.3 Å². The smallest absolute Gasteiger partial charge is 0.356 e. The fraction of sp³-hybridized carbons (Fsp3) is 0.237. The number of thioether (sulfide) groups is 1. The number of thiazole rings is 1. The van der Waals surface area contributed by atoms with Crippen LogP contribution in [-0.2, 0) is 33.5 Å². The predicted molar refractivity (Wildman–Crippen MR) is 201 cm³/mol.